The van der Waals surface area contributed by atoms with Crippen molar-refractivity contribution in [3.63, 3.8) is 0 Å². The first-order chi connectivity index (χ1) is 11.3. The molecule has 4 heteroatoms. The average Bonchev–Trinajstić information content (AvgIpc) is 3.18. The minimum Gasteiger partial charge on any atom is -0.393 e. The topological polar surface area (TPSA) is 62.2 Å². The molecule has 134 valence electrons. The molecular formula is C20H30O4. The zero-order valence-electron chi connectivity index (χ0n) is 15.0. The number of aliphatic hydroxyl groups is 2. The van der Waals surface area contributed by atoms with Crippen molar-refractivity contribution in [2.75, 3.05) is 13.2 Å². The largest absolute Gasteiger partial charge is 0.393 e. The molecule has 0 bridgehead atoms. The third kappa shape index (κ3) is 3.25. The highest BCUT2D eigenvalue weighted by atomic mass is 16.6. The van der Waals surface area contributed by atoms with Crippen LogP contribution in [0.1, 0.15) is 40.0 Å². The molecule has 1 aliphatic carbocycles. The second kappa shape index (κ2) is 6.41. The van der Waals surface area contributed by atoms with E-state index in [1.54, 1.807) is 0 Å². The van der Waals surface area contributed by atoms with Crippen LogP contribution in [0.4, 0.5) is 0 Å². The smallest absolute Gasteiger partial charge is 0.113 e. The van der Waals surface area contributed by atoms with Gasteiger partial charge in [0.05, 0.1) is 24.9 Å². The van der Waals surface area contributed by atoms with Crippen LogP contribution in [0.25, 0.3) is 0 Å². The van der Waals surface area contributed by atoms with E-state index in [2.05, 4.69) is 6.58 Å². The molecule has 2 saturated heterocycles. The highest BCUT2D eigenvalue weighted by molar-refractivity contribution is 5.23. The van der Waals surface area contributed by atoms with Crippen molar-refractivity contribution in [3.8, 4) is 0 Å². The maximum absolute atomic E-state index is 10.7. The number of epoxide rings is 1. The summed E-state index contributed by atoms with van der Waals surface area (Å²) in [5.74, 6) is 0.327. The van der Waals surface area contributed by atoms with Gasteiger partial charge in [0, 0.05) is 11.8 Å². The summed E-state index contributed by atoms with van der Waals surface area (Å²) >= 11 is 0. The van der Waals surface area contributed by atoms with Gasteiger partial charge in [0.2, 0.25) is 0 Å². The van der Waals surface area contributed by atoms with Gasteiger partial charge in [-0.2, -0.15) is 0 Å². The van der Waals surface area contributed by atoms with Crippen molar-refractivity contribution >= 4 is 0 Å². The molecule has 0 radical (unpaired) electrons. The van der Waals surface area contributed by atoms with Gasteiger partial charge in [0.15, 0.2) is 0 Å². The van der Waals surface area contributed by atoms with Crippen LogP contribution in [0.5, 0.6) is 0 Å². The minimum atomic E-state index is -0.826. The molecule has 0 aromatic heterocycles. The summed E-state index contributed by atoms with van der Waals surface area (Å²) < 4.78 is 11.8. The normalized spacial score (nSPS) is 45.1. The Morgan fingerprint density at radius 2 is 2.17 bits per heavy atom. The summed E-state index contributed by atoms with van der Waals surface area (Å²) in [5.41, 5.74) is 0.808. The van der Waals surface area contributed by atoms with Crippen molar-refractivity contribution in [2.45, 2.75) is 63.4 Å². The third-order valence-electron chi connectivity index (χ3n) is 5.84. The molecule has 2 heterocycles. The van der Waals surface area contributed by atoms with E-state index in [9.17, 15) is 10.2 Å². The fourth-order valence-electron chi connectivity index (χ4n) is 4.29. The highest BCUT2D eigenvalue weighted by Gasteiger charge is 2.56. The Hall–Kier alpha value is -0.940. The van der Waals surface area contributed by atoms with Crippen LogP contribution in [0, 0.1) is 11.8 Å². The molecule has 4 nitrogen and oxygen atoms in total. The fraction of sp³-hybridized carbons (Fsp3) is 0.700. The molecule has 3 aliphatic rings. The first kappa shape index (κ1) is 17.9. The van der Waals surface area contributed by atoms with E-state index in [-0.39, 0.29) is 30.7 Å². The number of allylic oxidation sites excluding steroid dienone is 3. The van der Waals surface area contributed by atoms with Crippen molar-refractivity contribution in [3.05, 3.63) is 36.0 Å². The first-order valence-electron chi connectivity index (χ1n) is 8.92. The fourth-order valence-corrected chi connectivity index (χ4v) is 4.29. The zero-order chi connectivity index (χ0) is 17.5. The monoisotopic (exact) mass is 334 g/mol. The Morgan fingerprint density at radius 1 is 1.42 bits per heavy atom. The lowest BCUT2D eigenvalue weighted by atomic mass is 9.74. The van der Waals surface area contributed by atoms with E-state index < -0.39 is 11.2 Å². The van der Waals surface area contributed by atoms with E-state index in [1.807, 2.05) is 39.0 Å². The molecule has 3 fully saturated rings. The van der Waals surface area contributed by atoms with E-state index in [4.69, 9.17) is 9.47 Å². The number of rotatable bonds is 3. The van der Waals surface area contributed by atoms with Crippen LogP contribution >= 0.6 is 0 Å². The molecule has 0 unspecified atom stereocenters. The summed E-state index contributed by atoms with van der Waals surface area (Å²) in [7, 11) is 0. The summed E-state index contributed by atoms with van der Waals surface area (Å²) in [6.45, 7) is 10.7. The lowest BCUT2D eigenvalue weighted by Gasteiger charge is -2.33. The molecule has 24 heavy (non-hydrogen) atoms. The van der Waals surface area contributed by atoms with Gasteiger partial charge in [0.1, 0.15) is 11.7 Å². The molecule has 0 aromatic rings. The van der Waals surface area contributed by atoms with Gasteiger partial charge in [-0.05, 0) is 40.0 Å². The number of hydrogen-bond donors (Lipinski definition) is 2. The van der Waals surface area contributed by atoms with Gasteiger partial charge < -0.3 is 19.7 Å². The Bertz CT molecular complexity index is 558. The van der Waals surface area contributed by atoms with Crippen molar-refractivity contribution in [2.24, 2.45) is 11.8 Å². The first-order valence-corrected chi connectivity index (χ1v) is 8.92. The van der Waals surface area contributed by atoms with Crippen LogP contribution in [0.15, 0.2) is 36.0 Å². The quantitative estimate of drug-likeness (QED) is 0.473. The van der Waals surface area contributed by atoms with Crippen molar-refractivity contribution < 1.29 is 19.7 Å². The summed E-state index contributed by atoms with van der Waals surface area (Å²) in [6, 6.07) is 0. The van der Waals surface area contributed by atoms with Gasteiger partial charge in [0.25, 0.3) is 0 Å². The minimum absolute atomic E-state index is 0.0555. The van der Waals surface area contributed by atoms with E-state index in [0.29, 0.717) is 13.0 Å². The van der Waals surface area contributed by atoms with E-state index >= 15 is 0 Å². The van der Waals surface area contributed by atoms with Gasteiger partial charge in [-0.15, -0.1) is 0 Å². The number of fused-ring (bicyclic) bond motifs is 2. The Morgan fingerprint density at radius 3 is 2.83 bits per heavy atom. The lowest BCUT2D eigenvalue weighted by Crippen LogP contribution is -2.41. The number of ether oxygens (including phenoxy) is 2. The number of hydrogen-bond acceptors (Lipinski definition) is 4. The van der Waals surface area contributed by atoms with E-state index in [0.717, 1.165) is 18.4 Å². The Kier molecular flexibility index (Phi) is 4.77. The molecule has 2 N–H and O–H groups in total. The predicted octanol–water partition coefficient (Wildman–Crippen LogP) is 2.76. The molecule has 2 aliphatic heterocycles. The maximum atomic E-state index is 10.7. The lowest BCUT2D eigenvalue weighted by molar-refractivity contribution is -0.0354. The molecule has 0 amide bonds. The summed E-state index contributed by atoms with van der Waals surface area (Å²) in [6.07, 6.45) is 8.18. The second-order valence-corrected chi connectivity index (χ2v) is 8.09. The predicted molar refractivity (Wildman–Crippen MR) is 93.6 cm³/mol. The number of aliphatic hydroxyl groups excluding tert-OH is 1. The molecule has 1 saturated carbocycles. The van der Waals surface area contributed by atoms with Crippen LogP contribution in [0.3, 0.4) is 0 Å². The zero-order valence-corrected chi connectivity index (χ0v) is 15.0. The van der Waals surface area contributed by atoms with Crippen molar-refractivity contribution in [1.82, 2.24) is 0 Å². The molecule has 0 aromatic carbocycles. The standard InChI is InChI=1S/C20H30O4/c1-13(2)6-5-8-20(12-21)16-7-9-19(4,22)18-17(24-18)10-14(3)15(16)11-23-20/h5-6,8,15-18,21-22H,3,7,9-12H2,1-2,4H3/b8-5+/t15-,16-,17+,18+,19-,20-/m0/s1. The van der Waals surface area contributed by atoms with Gasteiger partial charge >= 0.3 is 0 Å². The van der Waals surface area contributed by atoms with Gasteiger partial charge in [-0.25, -0.2) is 0 Å². The van der Waals surface area contributed by atoms with Crippen LogP contribution in [0.2, 0.25) is 0 Å². The van der Waals surface area contributed by atoms with Crippen LogP contribution in [-0.2, 0) is 9.47 Å². The molecule has 6 atom stereocenters. The summed E-state index contributed by atoms with van der Waals surface area (Å²) in [5, 5.41) is 20.8. The molecule has 3 rings (SSSR count). The van der Waals surface area contributed by atoms with Crippen LogP contribution in [-0.4, -0.2) is 46.8 Å². The summed E-state index contributed by atoms with van der Waals surface area (Å²) in [4.78, 5) is 0. The second-order valence-electron chi connectivity index (χ2n) is 8.09. The maximum Gasteiger partial charge on any atom is 0.113 e. The van der Waals surface area contributed by atoms with E-state index in [1.165, 1.54) is 5.57 Å². The average molecular weight is 334 g/mol. The SMILES string of the molecule is C=C1C[C@H]2O[C@H]2[C@@](C)(O)CC[C@H]2[C@H]1CO[C@@]2(/C=C/C=C(C)C)CO. The van der Waals surface area contributed by atoms with Gasteiger partial charge in [-0.1, -0.05) is 36.0 Å². The van der Waals surface area contributed by atoms with Crippen molar-refractivity contribution in [1.29, 1.82) is 0 Å². The third-order valence-corrected chi connectivity index (χ3v) is 5.84. The Balaban J connectivity index is 1.87. The molecule has 0 spiro atoms. The van der Waals surface area contributed by atoms with Gasteiger partial charge in [-0.3, -0.25) is 0 Å². The van der Waals surface area contributed by atoms with Crippen LogP contribution < -0.4 is 0 Å². The molecular weight excluding hydrogens is 304 g/mol. The Labute approximate surface area is 144 Å². The highest BCUT2D eigenvalue weighted by Crippen LogP contribution is 2.50.